The van der Waals surface area contributed by atoms with E-state index in [1.807, 2.05) is 65.6 Å². The first-order valence-corrected chi connectivity index (χ1v) is 23.7. The molecule has 0 radical (unpaired) electrons. The van der Waals surface area contributed by atoms with Crippen LogP contribution in [0.15, 0.2) is 145 Å². The molecule has 5 aromatic carbocycles. The molecule has 0 aromatic heterocycles. The van der Waals surface area contributed by atoms with Crippen molar-refractivity contribution in [2.75, 3.05) is 19.8 Å². The SMILES string of the molecule is C=CCO[C@@]12Oc3ccc(Oc4cccc(C=O)c4)cc3[C@H]3[C@H](CCCCO)[C@@H](CCCCO)C=C(C(=NOCc4ccccc4)C[C@@H]1N(Cc1cccc4ccccc14)C(=O)C1CC1)[C@H]32. The van der Waals surface area contributed by atoms with Gasteiger partial charge >= 0.3 is 0 Å². The Morgan fingerprint density at radius 3 is 2.41 bits per heavy atom. The van der Waals surface area contributed by atoms with E-state index in [-0.39, 0.29) is 56.0 Å². The number of aldehydes is 1. The number of hydrogen-bond donors (Lipinski definition) is 2. The Morgan fingerprint density at radius 1 is 0.864 bits per heavy atom. The summed E-state index contributed by atoms with van der Waals surface area (Å²) in [4.78, 5) is 35.3. The summed E-state index contributed by atoms with van der Waals surface area (Å²) in [5, 5.41) is 27.3. The van der Waals surface area contributed by atoms with Gasteiger partial charge in [-0.25, -0.2) is 0 Å². The predicted octanol–water partition coefficient (Wildman–Crippen LogP) is 10.7. The van der Waals surface area contributed by atoms with Crippen molar-refractivity contribution in [1.82, 2.24) is 4.90 Å². The molecule has 10 heteroatoms. The summed E-state index contributed by atoms with van der Waals surface area (Å²) in [6, 6.07) is 36.9. The van der Waals surface area contributed by atoms with E-state index in [0.717, 1.165) is 83.6 Å². The molecule has 4 aliphatic rings. The second-order valence-electron chi connectivity index (χ2n) is 18.2. The number of fused-ring (bicyclic) bond motifs is 3. The van der Waals surface area contributed by atoms with Crippen LogP contribution in [-0.2, 0) is 27.5 Å². The number of carbonyl (C=O) groups excluding carboxylic acids is 2. The van der Waals surface area contributed by atoms with Gasteiger partial charge in [0, 0.05) is 49.1 Å². The molecule has 0 unspecified atom stereocenters. The van der Waals surface area contributed by atoms with Gasteiger partial charge in [0.15, 0.2) is 0 Å². The van der Waals surface area contributed by atoms with Crippen molar-refractivity contribution in [3.05, 3.63) is 162 Å². The zero-order valence-corrected chi connectivity index (χ0v) is 37.5. The standard InChI is InChI=1S/C56H60N2O8/c1-2-30-63-56-52(58(55(62)41-24-25-41)35-43-20-13-19-40-17-6-7-22-46(40)43)34-50(57-64-37-38-14-4-3-5-15-38)48-32-42(18-8-10-28-59)47(23-9-11-29-60)53(54(48)56)49-33-45(26-27-51(49)66-56)65-44-21-12-16-39(31-44)36-61/h2-7,12-17,19-22,26-27,31-33,36,41-42,47,52-54,59-60H,1,8-11,18,23-25,28-30,34-35,37H2/t42-,47+,52-,53+,54+,56+/m0/s1. The Kier molecular flexibility index (Phi) is 14.1. The van der Waals surface area contributed by atoms with Gasteiger partial charge in [-0.3, -0.25) is 9.59 Å². The van der Waals surface area contributed by atoms with Crippen molar-refractivity contribution in [1.29, 1.82) is 0 Å². The Bertz CT molecular complexity index is 2560. The Morgan fingerprint density at radius 2 is 1.62 bits per heavy atom. The molecule has 0 bridgehead atoms. The van der Waals surface area contributed by atoms with E-state index in [2.05, 4.69) is 49.1 Å². The van der Waals surface area contributed by atoms with Crippen LogP contribution in [0.3, 0.4) is 0 Å². The summed E-state index contributed by atoms with van der Waals surface area (Å²) in [6.45, 7) is 5.07. The molecule has 9 rings (SSSR count). The fourth-order valence-corrected chi connectivity index (χ4v) is 10.8. The summed E-state index contributed by atoms with van der Waals surface area (Å²) >= 11 is 0. The number of unbranched alkanes of at least 4 members (excludes halogenated alkanes) is 2. The number of rotatable bonds is 21. The Balaban J connectivity index is 1.25. The Labute approximate surface area is 387 Å². The maximum absolute atomic E-state index is 15.2. The fourth-order valence-electron chi connectivity index (χ4n) is 10.8. The highest BCUT2D eigenvalue weighted by atomic mass is 16.7. The first-order chi connectivity index (χ1) is 32.4. The van der Waals surface area contributed by atoms with E-state index in [0.29, 0.717) is 48.6 Å². The molecule has 3 aliphatic carbocycles. The van der Waals surface area contributed by atoms with Gasteiger partial charge in [0.1, 0.15) is 36.2 Å². The molecule has 1 amide bonds. The smallest absolute Gasteiger partial charge is 0.239 e. The maximum atomic E-state index is 15.2. The monoisotopic (exact) mass is 888 g/mol. The molecule has 2 N–H and O–H groups in total. The van der Waals surface area contributed by atoms with Crippen molar-refractivity contribution in [3.63, 3.8) is 0 Å². The van der Waals surface area contributed by atoms with Gasteiger partial charge in [-0.05, 0) is 108 Å². The minimum absolute atomic E-state index is 0.0443. The summed E-state index contributed by atoms with van der Waals surface area (Å²) in [5.41, 5.74) is 5.21. The topological polar surface area (TPSA) is 127 Å². The minimum atomic E-state index is -1.39. The van der Waals surface area contributed by atoms with E-state index in [9.17, 15) is 15.0 Å². The maximum Gasteiger partial charge on any atom is 0.239 e. The normalized spacial score (nSPS) is 23.5. The van der Waals surface area contributed by atoms with Crippen LogP contribution in [-0.4, -0.2) is 64.7 Å². The van der Waals surface area contributed by atoms with Gasteiger partial charge in [-0.1, -0.05) is 115 Å². The largest absolute Gasteiger partial charge is 0.459 e. The number of hydrogen-bond acceptors (Lipinski definition) is 9. The molecule has 342 valence electrons. The van der Waals surface area contributed by atoms with Crippen LogP contribution in [0, 0.1) is 23.7 Å². The number of nitrogens with zero attached hydrogens (tertiary/aromatic N) is 2. The molecule has 1 heterocycles. The van der Waals surface area contributed by atoms with Crippen molar-refractivity contribution >= 4 is 28.7 Å². The van der Waals surface area contributed by atoms with E-state index in [1.165, 1.54) is 0 Å². The third-order valence-electron chi connectivity index (χ3n) is 13.9. The van der Waals surface area contributed by atoms with Crippen LogP contribution in [0.5, 0.6) is 17.2 Å². The average molecular weight is 889 g/mol. The highest BCUT2D eigenvalue weighted by Gasteiger charge is 2.66. The van der Waals surface area contributed by atoms with E-state index in [4.69, 9.17) is 24.2 Å². The lowest BCUT2D eigenvalue weighted by Crippen LogP contribution is -2.70. The van der Waals surface area contributed by atoms with Gasteiger partial charge in [0.05, 0.1) is 18.2 Å². The van der Waals surface area contributed by atoms with Crippen molar-refractivity contribution < 1.29 is 38.9 Å². The molecule has 2 saturated carbocycles. The molecule has 2 fully saturated rings. The number of amides is 1. The fraction of sp³-hybridized carbons (Fsp3) is 0.375. The van der Waals surface area contributed by atoms with Gasteiger partial charge in [0.2, 0.25) is 11.7 Å². The lowest BCUT2D eigenvalue weighted by molar-refractivity contribution is -0.258. The average Bonchev–Trinajstić information content (AvgIpc) is 4.21. The lowest BCUT2D eigenvalue weighted by atomic mass is 9.55. The summed E-state index contributed by atoms with van der Waals surface area (Å²) in [5.74, 6) is -0.237. The highest BCUT2D eigenvalue weighted by Crippen LogP contribution is 2.62. The number of benzene rings is 5. The Hall–Kier alpha value is -6.07. The van der Waals surface area contributed by atoms with Crippen LogP contribution in [0.25, 0.3) is 10.8 Å². The second-order valence-corrected chi connectivity index (χ2v) is 18.2. The third-order valence-corrected chi connectivity index (χ3v) is 13.9. The molecule has 66 heavy (non-hydrogen) atoms. The van der Waals surface area contributed by atoms with Gasteiger partial charge in [-0.2, -0.15) is 0 Å². The number of ether oxygens (including phenoxy) is 3. The molecule has 6 atom stereocenters. The summed E-state index contributed by atoms with van der Waals surface area (Å²) in [6.07, 6.45) is 11.5. The second kappa shape index (κ2) is 20.6. The number of carbonyl (C=O) groups is 2. The van der Waals surface area contributed by atoms with Crippen LogP contribution in [0.1, 0.15) is 90.8 Å². The molecule has 0 spiro atoms. The molecule has 5 aromatic rings. The van der Waals surface area contributed by atoms with E-state index >= 15 is 4.79 Å². The lowest BCUT2D eigenvalue weighted by Gasteiger charge is -2.60. The highest BCUT2D eigenvalue weighted by molar-refractivity contribution is 6.03. The number of aliphatic hydroxyl groups excluding tert-OH is 2. The van der Waals surface area contributed by atoms with Gasteiger partial charge in [0.25, 0.3) is 0 Å². The van der Waals surface area contributed by atoms with Crippen molar-refractivity contribution in [2.45, 2.75) is 88.7 Å². The first-order valence-electron chi connectivity index (χ1n) is 23.7. The van der Waals surface area contributed by atoms with Crippen LogP contribution < -0.4 is 9.47 Å². The van der Waals surface area contributed by atoms with Crippen molar-refractivity contribution in [2.24, 2.45) is 28.8 Å². The van der Waals surface area contributed by atoms with Crippen LogP contribution >= 0.6 is 0 Å². The molecule has 0 saturated heterocycles. The molecular formula is C56H60N2O8. The minimum Gasteiger partial charge on any atom is -0.459 e. The zero-order chi connectivity index (χ0) is 45.5. The van der Waals surface area contributed by atoms with Gasteiger partial charge in [-0.15, -0.1) is 6.58 Å². The number of aliphatic hydroxyl groups is 2. The molecule has 10 nitrogen and oxygen atoms in total. The van der Waals surface area contributed by atoms with E-state index < -0.39 is 17.7 Å². The summed E-state index contributed by atoms with van der Waals surface area (Å²) < 4.78 is 21.3. The first kappa shape index (κ1) is 45.1. The molecule has 1 aliphatic heterocycles. The third kappa shape index (κ3) is 9.45. The quantitative estimate of drug-likeness (QED) is 0.0323. The number of oxime groups is 1. The van der Waals surface area contributed by atoms with Crippen molar-refractivity contribution in [3.8, 4) is 17.2 Å². The van der Waals surface area contributed by atoms with Crippen LogP contribution in [0.2, 0.25) is 0 Å². The van der Waals surface area contributed by atoms with E-state index in [1.54, 1.807) is 24.3 Å². The number of allylic oxidation sites excluding steroid dienone is 1. The van der Waals surface area contributed by atoms with Gasteiger partial charge < -0.3 is 34.2 Å². The van der Waals surface area contributed by atoms with Crippen LogP contribution in [0.4, 0.5) is 0 Å². The summed E-state index contributed by atoms with van der Waals surface area (Å²) in [7, 11) is 0. The zero-order valence-electron chi connectivity index (χ0n) is 37.5. The molecular weight excluding hydrogens is 829 g/mol. The predicted molar refractivity (Wildman–Crippen MR) is 255 cm³/mol.